The third kappa shape index (κ3) is 4.29. The summed E-state index contributed by atoms with van der Waals surface area (Å²) in [7, 11) is 2.90. The number of anilines is 1. The average molecular weight is 286 g/mol. The number of carbonyl (C=O) groups is 2. The molecule has 0 amide bonds. The van der Waals surface area contributed by atoms with Crippen molar-refractivity contribution < 1.29 is 19.1 Å². The third-order valence-electron chi connectivity index (χ3n) is 2.45. The number of esters is 1. The van der Waals surface area contributed by atoms with E-state index >= 15 is 0 Å². The number of ether oxygens (including phenoxy) is 2. The number of rotatable bonds is 7. The average Bonchev–Trinajstić information content (AvgIpc) is 2.79. The highest BCUT2D eigenvalue weighted by molar-refractivity contribution is 7.17. The smallest absolute Gasteiger partial charge is 0.358 e. The number of Topliss-reactive ketones (excluding diaryl/α,β-unsaturated/α-hetero) is 1. The molecule has 0 aromatic carbocycles. The van der Waals surface area contributed by atoms with Gasteiger partial charge in [-0.25, -0.2) is 9.78 Å². The van der Waals surface area contributed by atoms with Crippen LogP contribution >= 0.6 is 11.3 Å². The molecule has 6 nitrogen and oxygen atoms in total. The zero-order chi connectivity index (χ0) is 14.4. The van der Waals surface area contributed by atoms with Crippen LogP contribution in [0.1, 0.15) is 40.4 Å². The maximum absolute atomic E-state index is 11.5. The van der Waals surface area contributed by atoms with E-state index in [4.69, 9.17) is 4.74 Å². The van der Waals surface area contributed by atoms with Crippen LogP contribution in [-0.4, -0.2) is 43.6 Å². The largest absolute Gasteiger partial charge is 0.464 e. The fraction of sp³-hybridized carbons (Fsp3) is 0.583. The first kappa shape index (κ1) is 15.6. The molecule has 1 N–H and O–H groups in total. The number of nitrogens with zero attached hydrogens (tertiary/aromatic N) is 1. The van der Waals surface area contributed by atoms with Crippen molar-refractivity contribution in [2.45, 2.75) is 26.3 Å². The van der Waals surface area contributed by atoms with Gasteiger partial charge in [0.15, 0.2) is 16.6 Å². The minimum Gasteiger partial charge on any atom is -0.464 e. The summed E-state index contributed by atoms with van der Waals surface area (Å²) < 4.78 is 9.60. The van der Waals surface area contributed by atoms with Gasteiger partial charge in [-0.15, -0.1) is 0 Å². The molecule has 1 heterocycles. The Morgan fingerprint density at radius 2 is 2.11 bits per heavy atom. The topological polar surface area (TPSA) is 77.5 Å². The Morgan fingerprint density at radius 1 is 1.42 bits per heavy atom. The van der Waals surface area contributed by atoms with Crippen LogP contribution in [-0.2, 0) is 9.47 Å². The van der Waals surface area contributed by atoms with Gasteiger partial charge in [0.25, 0.3) is 0 Å². The third-order valence-corrected chi connectivity index (χ3v) is 3.54. The van der Waals surface area contributed by atoms with Crippen molar-refractivity contribution in [3.8, 4) is 0 Å². The summed E-state index contributed by atoms with van der Waals surface area (Å²) in [4.78, 5) is 27.4. The van der Waals surface area contributed by atoms with Gasteiger partial charge in [0.2, 0.25) is 0 Å². The summed E-state index contributed by atoms with van der Waals surface area (Å²) >= 11 is 1.16. The van der Waals surface area contributed by atoms with Crippen LogP contribution < -0.4 is 5.32 Å². The van der Waals surface area contributed by atoms with E-state index in [1.165, 1.54) is 14.0 Å². The molecule has 0 radical (unpaired) electrons. The van der Waals surface area contributed by atoms with Gasteiger partial charge in [0.1, 0.15) is 4.88 Å². The summed E-state index contributed by atoms with van der Waals surface area (Å²) in [6.07, 6.45) is 0.805. The highest BCUT2D eigenvalue weighted by atomic mass is 32.1. The van der Waals surface area contributed by atoms with E-state index in [-0.39, 0.29) is 17.5 Å². The van der Waals surface area contributed by atoms with Crippen LogP contribution in [0.2, 0.25) is 0 Å². The normalized spacial score (nSPS) is 12.0. The number of thiazole rings is 1. The van der Waals surface area contributed by atoms with Crippen LogP contribution in [0.3, 0.4) is 0 Å². The van der Waals surface area contributed by atoms with Crippen molar-refractivity contribution in [3.05, 3.63) is 10.6 Å². The van der Waals surface area contributed by atoms with E-state index in [2.05, 4.69) is 15.0 Å². The van der Waals surface area contributed by atoms with Crippen LogP contribution in [0.5, 0.6) is 0 Å². The van der Waals surface area contributed by atoms with Crippen molar-refractivity contribution in [2.75, 3.05) is 26.1 Å². The highest BCUT2D eigenvalue weighted by Crippen LogP contribution is 2.25. The quantitative estimate of drug-likeness (QED) is 0.610. The minimum absolute atomic E-state index is 0.0708. The molecule has 0 aliphatic heterocycles. The number of methoxy groups -OCH3 is 2. The van der Waals surface area contributed by atoms with E-state index in [9.17, 15) is 9.59 Å². The number of hydrogen-bond donors (Lipinski definition) is 1. The Labute approximate surface area is 116 Å². The van der Waals surface area contributed by atoms with Crippen molar-refractivity contribution in [1.29, 1.82) is 0 Å². The van der Waals surface area contributed by atoms with E-state index in [0.29, 0.717) is 16.6 Å². The Balaban J connectivity index is 2.86. The van der Waals surface area contributed by atoms with Crippen molar-refractivity contribution in [1.82, 2.24) is 4.98 Å². The maximum Gasteiger partial charge on any atom is 0.358 e. The number of ketones is 1. The molecule has 0 fully saturated rings. The van der Waals surface area contributed by atoms with Gasteiger partial charge >= 0.3 is 5.97 Å². The van der Waals surface area contributed by atoms with Crippen LogP contribution in [0.15, 0.2) is 0 Å². The highest BCUT2D eigenvalue weighted by Gasteiger charge is 2.22. The minimum atomic E-state index is -0.598. The fourth-order valence-corrected chi connectivity index (χ4v) is 2.39. The predicted octanol–water partition coefficient (Wildman–Crippen LogP) is 1.97. The first-order valence-corrected chi connectivity index (χ1v) is 6.66. The molecule has 1 atom stereocenters. The molecule has 106 valence electrons. The molecule has 7 heteroatoms. The SMILES string of the molecule is COCCC(C)Nc1nc(C(=O)OC)c(C(C)=O)s1. The van der Waals surface area contributed by atoms with Gasteiger partial charge in [-0.1, -0.05) is 11.3 Å². The second-order valence-electron chi connectivity index (χ2n) is 4.07. The second-order valence-corrected chi connectivity index (χ2v) is 5.07. The van der Waals surface area contributed by atoms with Gasteiger partial charge < -0.3 is 14.8 Å². The van der Waals surface area contributed by atoms with Gasteiger partial charge in [0.05, 0.1) is 7.11 Å². The first-order valence-electron chi connectivity index (χ1n) is 5.85. The lowest BCUT2D eigenvalue weighted by Gasteiger charge is -2.11. The molecule has 0 aliphatic rings. The molecule has 1 rings (SSSR count). The number of hydrogen-bond acceptors (Lipinski definition) is 7. The van der Waals surface area contributed by atoms with Crippen molar-refractivity contribution in [2.24, 2.45) is 0 Å². The Hall–Kier alpha value is -1.47. The molecule has 0 saturated carbocycles. The van der Waals surface area contributed by atoms with Crippen LogP contribution in [0.25, 0.3) is 0 Å². The molecule has 1 aromatic heterocycles. The van der Waals surface area contributed by atoms with Gasteiger partial charge in [-0.3, -0.25) is 4.79 Å². The van der Waals surface area contributed by atoms with E-state index in [1.807, 2.05) is 6.92 Å². The van der Waals surface area contributed by atoms with E-state index in [1.54, 1.807) is 7.11 Å². The van der Waals surface area contributed by atoms with Crippen LogP contribution in [0, 0.1) is 0 Å². The monoisotopic (exact) mass is 286 g/mol. The molecule has 0 saturated heterocycles. The first-order chi connectivity index (χ1) is 8.99. The Morgan fingerprint density at radius 3 is 2.63 bits per heavy atom. The number of aromatic nitrogens is 1. The summed E-state index contributed by atoms with van der Waals surface area (Å²) in [5, 5.41) is 3.68. The standard InChI is InChI=1S/C12H18N2O4S/c1-7(5-6-17-3)13-12-14-9(11(16)18-4)10(19-12)8(2)15/h7H,5-6H2,1-4H3,(H,13,14). The summed E-state index contributed by atoms with van der Waals surface area (Å²) in [5.41, 5.74) is 0.0708. The van der Waals surface area contributed by atoms with Gasteiger partial charge in [-0.2, -0.15) is 0 Å². The number of nitrogens with one attached hydrogen (secondary N) is 1. The summed E-state index contributed by atoms with van der Waals surface area (Å²) in [6.45, 7) is 4.01. The van der Waals surface area contributed by atoms with Crippen LogP contribution in [0.4, 0.5) is 5.13 Å². The van der Waals surface area contributed by atoms with Gasteiger partial charge in [-0.05, 0) is 13.3 Å². The lowest BCUT2D eigenvalue weighted by Crippen LogP contribution is -2.17. The van der Waals surface area contributed by atoms with E-state index < -0.39 is 5.97 Å². The lowest BCUT2D eigenvalue weighted by atomic mass is 10.2. The summed E-state index contributed by atoms with van der Waals surface area (Å²) in [5.74, 6) is -0.797. The molecule has 0 aliphatic carbocycles. The second kappa shape index (κ2) is 7.20. The van der Waals surface area contributed by atoms with Crippen molar-refractivity contribution in [3.63, 3.8) is 0 Å². The Bertz CT molecular complexity index is 459. The Kier molecular flexibility index (Phi) is 5.91. The zero-order valence-corrected chi connectivity index (χ0v) is 12.3. The molecule has 1 unspecified atom stereocenters. The van der Waals surface area contributed by atoms with Gasteiger partial charge in [0, 0.05) is 26.7 Å². The molecule has 0 bridgehead atoms. The predicted molar refractivity (Wildman–Crippen MR) is 73.0 cm³/mol. The summed E-state index contributed by atoms with van der Waals surface area (Å²) in [6, 6.07) is 0.136. The molecular formula is C12H18N2O4S. The lowest BCUT2D eigenvalue weighted by molar-refractivity contribution is 0.0591. The molecule has 19 heavy (non-hydrogen) atoms. The molecular weight excluding hydrogens is 268 g/mol. The molecule has 1 aromatic rings. The number of carbonyl (C=O) groups excluding carboxylic acids is 2. The van der Waals surface area contributed by atoms with E-state index in [0.717, 1.165) is 17.8 Å². The zero-order valence-electron chi connectivity index (χ0n) is 11.5. The fourth-order valence-electron chi connectivity index (χ4n) is 1.43. The van der Waals surface area contributed by atoms with Crippen molar-refractivity contribution >= 4 is 28.2 Å². The molecule has 0 spiro atoms. The maximum atomic E-state index is 11.5.